The van der Waals surface area contributed by atoms with Crippen molar-refractivity contribution in [1.82, 2.24) is 0 Å². The first-order chi connectivity index (χ1) is 10.3. The van der Waals surface area contributed by atoms with Gasteiger partial charge in [-0.05, 0) is 60.9 Å². The Kier molecular flexibility index (Phi) is 2.92. The second-order valence-corrected chi connectivity index (χ2v) is 5.59. The van der Waals surface area contributed by atoms with Gasteiger partial charge in [0.15, 0.2) is 5.78 Å². The van der Waals surface area contributed by atoms with Crippen LogP contribution < -0.4 is 9.47 Å². The summed E-state index contributed by atoms with van der Waals surface area (Å²) in [5, 5.41) is 0. The van der Waals surface area contributed by atoms with Crippen molar-refractivity contribution in [2.24, 2.45) is 0 Å². The summed E-state index contributed by atoms with van der Waals surface area (Å²) >= 11 is 0. The molecule has 1 saturated carbocycles. The lowest BCUT2D eigenvalue weighted by Crippen LogP contribution is -2.02. The van der Waals surface area contributed by atoms with Crippen molar-refractivity contribution in [3.8, 4) is 11.5 Å². The molecule has 1 heterocycles. The monoisotopic (exact) mass is 280 g/mol. The third-order valence-electron chi connectivity index (χ3n) is 3.90. The molecule has 3 heteroatoms. The van der Waals surface area contributed by atoms with Crippen LogP contribution in [-0.4, -0.2) is 18.5 Å². The molecule has 0 N–H and O–H groups in total. The fraction of sp³-hybridized carbons (Fsp3) is 0.278. The van der Waals surface area contributed by atoms with Crippen molar-refractivity contribution < 1.29 is 14.3 Å². The molecular formula is C18H16O3. The van der Waals surface area contributed by atoms with Crippen LogP contribution in [-0.2, 0) is 6.42 Å². The summed E-state index contributed by atoms with van der Waals surface area (Å²) in [5.41, 5.74) is 2.53. The van der Waals surface area contributed by atoms with Gasteiger partial charge in [-0.3, -0.25) is 4.79 Å². The number of carbonyl (C=O) groups is 1. The maximum atomic E-state index is 12.5. The van der Waals surface area contributed by atoms with Gasteiger partial charge in [-0.15, -0.1) is 0 Å². The normalized spacial score (nSPS) is 16.2. The molecule has 0 aromatic heterocycles. The van der Waals surface area contributed by atoms with Gasteiger partial charge in [-0.25, -0.2) is 0 Å². The fourth-order valence-corrected chi connectivity index (χ4v) is 2.56. The molecule has 0 atom stereocenters. The molecule has 1 aliphatic carbocycles. The smallest absolute Gasteiger partial charge is 0.193 e. The van der Waals surface area contributed by atoms with E-state index < -0.39 is 0 Å². The predicted molar refractivity (Wildman–Crippen MR) is 79.2 cm³/mol. The molecule has 0 spiro atoms. The number of benzene rings is 2. The first kappa shape index (κ1) is 12.5. The molecule has 3 nitrogen and oxygen atoms in total. The highest BCUT2D eigenvalue weighted by atomic mass is 16.5. The Balaban J connectivity index is 1.55. The van der Waals surface area contributed by atoms with Crippen LogP contribution in [0, 0.1) is 0 Å². The molecule has 0 bridgehead atoms. The number of rotatable bonds is 4. The molecule has 2 aromatic carbocycles. The van der Waals surface area contributed by atoms with E-state index in [1.54, 1.807) is 0 Å². The lowest BCUT2D eigenvalue weighted by atomic mass is 10.0. The van der Waals surface area contributed by atoms with Gasteiger partial charge in [-0.2, -0.15) is 0 Å². The van der Waals surface area contributed by atoms with Crippen LogP contribution in [0.3, 0.4) is 0 Å². The Hall–Kier alpha value is -2.29. The summed E-state index contributed by atoms with van der Waals surface area (Å²) in [4.78, 5) is 12.5. The van der Waals surface area contributed by atoms with E-state index in [2.05, 4.69) is 0 Å². The average molecular weight is 280 g/mol. The van der Waals surface area contributed by atoms with Crippen LogP contribution in [0.1, 0.15) is 34.3 Å². The maximum absolute atomic E-state index is 12.5. The van der Waals surface area contributed by atoms with Crippen molar-refractivity contribution in [3.05, 3.63) is 59.2 Å². The van der Waals surface area contributed by atoms with Crippen LogP contribution in [0.25, 0.3) is 0 Å². The van der Waals surface area contributed by atoms with Gasteiger partial charge in [0.1, 0.15) is 11.5 Å². The zero-order valence-electron chi connectivity index (χ0n) is 11.7. The van der Waals surface area contributed by atoms with E-state index in [4.69, 9.17) is 9.47 Å². The predicted octanol–water partition coefficient (Wildman–Crippen LogP) is 3.39. The van der Waals surface area contributed by atoms with Gasteiger partial charge < -0.3 is 9.47 Å². The minimum Gasteiger partial charge on any atom is -0.493 e. The van der Waals surface area contributed by atoms with Gasteiger partial charge in [-0.1, -0.05) is 0 Å². The fourth-order valence-electron chi connectivity index (χ4n) is 2.56. The molecule has 1 fully saturated rings. The average Bonchev–Trinajstić information content (AvgIpc) is 3.21. The molecule has 0 radical (unpaired) electrons. The molecule has 21 heavy (non-hydrogen) atoms. The molecule has 2 aliphatic rings. The van der Waals surface area contributed by atoms with Crippen molar-refractivity contribution >= 4 is 5.78 Å². The second-order valence-electron chi connectivity index (χ2n) is 5.59. The third-order valence-corrected chi connectivity index (χ3v) is 3.90. The Morgan fingerprint density at radius 2 is 1.81 bits per heavy atom. The highest BCUT2D eigenvalue weighted by molar-refractivity contribution is 6.09. The standard InChI is InChI=1S/C18H16O3/c19-18(14-3-8-17-13(11-14)9-10-20-17)12-1-4-15(5-2-12)21-16-6-7-16/h1-5,8,11,16H,6-7,9-10H2. The van der Waals surface area contributed by atoms with E-state index in [0.717, 1.165) is 41.9 Å². The van der Waals surface area contributed by atoms with Crippen LogP contribution in [0.2, 0.25) is 0 Å². The quantitative estimate of drug-likeness (QED) is 0.805. The van der Waals surface area contributed by atoms with Crippen LogP contribution in [0.4, 0.5) is 0 Å². The highest BCUT2D eigenvalue weighted by Crippen LogP contribution is 2.28. The summed E-state index contributed by atoms with van der Waals surface area (Å²) in [6.07, 6.45) is 3.53. The molecule has 0 unspecified atom stereocenters. The molecule has 2 aromatic rings. The van der Waals surface area contributed by atoms with Gasteiger partial charge in [0, 0.05) is 17.5 Å². The Morgan fingerprint density at radius 1 is 1.05 bits per heavy atom. The number of ketones is 1. The van der Waals surface area contributed by atoms with E-state index in [1.807, 2.05) is 42.5 Å². The molecular weight excluding hydrogens is 264 g/mol. The maximum Gasteiger partial charge on any atom is 0.193 e. The molecule has 0 amide bonds. The lowest BCUT2D eigenvalue weighted by molar-refractivity contribution is 0.103. The van der Waals surface area contributed by atoms with Gasteiger partial charge in [0.2, 0.25) is 0 Å². The summed E-state index contributed by atoms with van der Waals surface area (Å²) < 4.78 is 11.2. The van der Waals surface area contributed by atoms with Crippen molar-refractivity contribution in [2.75, 3.05) is 6.61 Å². The summed E-state index contributed by atoms with van der Waals surface area (Å²) in [5.74, 6) is 1.79. The minimum absolute atomic E-state index is 0.0441. The number of hydrogen-bond donors (Lipinski definition) is 0. The Morgan fingerprint density at radius 3 is 2.57 bits per heavy atom. The van der Waals surface area contributed by atoms with Crippen molar-refractivity contribution in [1.29, 1.82) is 0 Å². The van der Waals surface area contributed by atoms with Gasteiger partial charge in [0.05, 0.1) is 12.7 Å². The van der Waals surface area contributed by atoms with E-state index >= 15 is 0 Å². The second kappa shape index (κ2) is 4.92. The molecule has 106 valence electrons. The third kappa shape index (κ3) is 2.51. The minimum atomic E-state index is 0.0441. The van der Waals surface area contributed by atoms with E-state index in [0.29, 0.717) is 18.3 Å². The SMILES string of the molecule is O=C(c1ccc(OC2CC2)cc1)c1ccc2c(c1)CCO2. The topological polar surface area (TPSA) is 35.5 Å². The zero-order valence-corrected chi connectivity index (χ0v) is 11.7. The Bertz CT molecular complexity index is 684. The number of carbonyl (C=O) groups excluding carboxylic acids is 1. The summed E-state index contributed by atoms with van der Waals surface area (Å²) in [6, 6.07) is 13.1. The zero-order chi connectivity index (χ0) is 14.2. The number of ether oxygens (including phenoxy) is 2. The molecule has 1 aliphatic heterocycles. The summed E-state index contributed by atoms with van der Waals surface area (Å²) in [7, 11) is 0. The van der Waals surface area contributed by atoms with Gasteiger partial charge >= 0.3 is 0 Å². The molecule has 4 rings (SSSR count). The van der Waals surface area contributed by atoms with Gasteiger partial charge in [0.25, 0.3) is 0 Å². The van der Waals surface area contributed by atoms with Crippen LogP contribution in [0.5, 0.6) is 11.5 Å². The first-order valence-electron chi connectivity index (χ1n) is 7.37. The largest absolute Gasteiger partial charge is 0.493 e. The first-order valence-corrected chi connectivity index (χ1v) is 7.37. The number of fused-ring (bicyclic) bond motifs is 1. The van der Waals surface area contributed by atoms with Crippen molar-refractivity contribution in [2.45, 2.75) is 25.4 Å². The van der Waals surface area contributed by atoms with E-state index in [9.17, 15) is 4.79 Å². The van der Waals surface area contributed by atoms with Crippen LogP contribution in [0.15, 0.2) is 42.5 Å². The summed E-state index contributed by atoms with van der Waals surface area (Å²) in [6.45, 7) is 0.709. The Labute approximate surface area is 123 Å². The highest BCUT2D eigenvalue weighted by Gasteiger charge is 2.23. The van der Waals surface area contributed by atoms with Crippen molar-refractivity contribution in [3.63, 3.8) is 0 Å². The number of hydrogen-bond acceptors (Lipinski definition) is 3. The van der Waals surface area contributed by atoms with Crippen LogP contribution >= 0.6 is 0 Å². The lowest BCUT2D eigenvalue weighted by Gasteiger charge is -2.06. The van der Waals surface area contributed by atoms with E-state index in [1.165, 1.54) is 0 Å². The molecule has 0 saturated heterocycles. The van der Waals surface area contributed by atoms with E-state index in [-0.39, 0.29) is 5.78 Å².